The smallest absolute Gasteiger partial charge is 0.341 e. The van der Waals surface area contributed by atoms with Crippen LogP contribution in [0.25, 0.3) is 0 Å². The first kappa shape index (κ1) is 22.2. The molecule has 3 rings (SSSR count). The van der Waals surface area contributed by atoms with Gasteiger partial charge in [-0.05, 0) is 68.4 Å². The van der Waals surface area contributed by atoms with Crippen LogP contribution in [0.5, 0.6) is 11.5 Å². The average Bonchev–Trinajstić information content (AvgIpc) is 3.11. The van der Waals surface area contributed by atoms with Crippen molar-refractivity contribution in [3.63, 3.8) is 0 Å². The van der Waals surface area contributed by atoms with Crippen molar-refractivity contribution in [2.75, 3.05) is 25.6 Å². The van der Waals surface area contributed by atoms with Gasteiger partial charge in [0.15, 0.2) is 0 Å². The second-order valence-corrected chi connectivity index (χ2v) is 8.44. The van der Waals surface area contributed by atoms with Gasteiger partial charge in [0.2, 0.25) is 5.91 Å². The average molecular weight is 432 g/mol. The summed E-state index contributed by atoms with van der Waals surface area (Å²) in [5.41, 5.74) is 1.61. The summed E-state index contributed by atoms with van der Waals surface area (Å²) in [6.45, 7) is 4.67. The number of rotatable bonds is 9. The highest BCUT2D eigenvalue weighted by Gasteiger charge is 2.30. The number of hydrogen-bond donors (Lipinski definition) is 1. The van der Waals surface area contributed by atoms with E-state index in [0.717, 1.165) is 36.3 Å². The quantitative estimate of drug-likeness (QED) is 0.438. The fraction of sp³-hybridized carbons (Fsp3) is 0.478. The van der Waals surface area contributed by atoms with Crippen molar-refractivity contribution < 1.29 is 23.8 Å². The Morgan fingerprint density at radius 3 is 2.63 bits per heavy atom. The van der Waals surface area contributed by atoms with Gasteiger partial charge in [-0.1, -0.05) is 6.92 Å². The van der Waals surface area contributed by atoms with Crippen molar-refractivity contribution in [2.45, 2.75) is 51.9 Å². The lowest BCUT2D eigenvalue weighted by atomic mass is 9.86. The van der Waals surface area contributed by atoms with E-state index in [1.165, 1.54) is 16.2 Å². The summed E-state index contributed by atoms with van der Waals surface area (Å²) in [6, 6.07) is 7.33. The highest BCUT2D eigenvalue weighted by molar-refractivity contribution is 7.17. The predicted molar refractivity (Wildman–Crippen MR) is 118 cm³/mol. The number of carbonyl (C=O) groups is 2. The summed E-state index contributed by atoms with van der Waals surface area (Å²) >= 11 is 1.51. The van der Waals surface area contributed by atoms with Crippen LogP contribution < -0.4 is 14.8 Å². The molecule has 1 N–H and O–H groups in total. The minimum atomic E-state index is -0.345. The van der Waals surface area contributed by atoms with Gasteiger partial charge in [0.1, 0.15) is 16.5 Å². The van der Waals surface area contributed by atoms with E-state index >= 15 is 0 Å². The molecule has 7 heteroatoms. The molecule has 0 fully saturated rings. The Morgan fingerprint density at radius 2 is 1.93 bits per heavy atom. The van der Waals surface area contributed by atoms with Crippen molar-refractivity contribution in [1.82, 2.24) is 0 Å². The molecule has 1 aliphatic carbocycles. The molecule has 0 aliphatic heterocycles. The molecule has 6 nitrogen and oxygen atoms in total. The van der Waals surface area contributed by atoms with Gasteiger partial charge in [-0.15, -0.1) is 11.3 Å². The number of anilines is 1. The topological polar surface area (TPSA) is 73.9 Å². The van der Waals surface area contributed by atoms with Gasteiger partial charge >= 0.3 is 5.97 Å². The Bertz CT molecular complexity index is 874. The van der Waals surface area contributed by atoms with Crippen LogP contribution in [-0.4, -0.2) is 32.2 Å². The van der Waals surface area contributed by atoms with Crippen LogP contribution in [-0.2, 0) is 16.0 Å². The summed E-state index contributed by atoms with van der Waals surface area (Å²) in [7, 11) is 1.62. The summed E-state index contributed by atoms with van der Waals surface area (Å²) < 4.78 is 16.1. The van der Waals surface area contributed by atoms with Crippen LogP contribution in [0.4, 0.5) is 5.00 Å². The van der Waals surface area contributed by atoms with E-state index < -0.39 is 0 Å². The molecule has 1 heterocycles. The number of nitrogens with one attached hydrogen (secondary N) is 1. The van der Waals surface area contributed by atoms with E-state index in [2.05, 4.69) is 12.2 Å². The van der Waals surface area contributed by atoms with Gasteiger partial charge in [0.05, 0.1) is 25.9 Å². The van der Waals surface area contributed by atoms with Gasteiger partial charge in [0.25, 0.3) is 0 Å². The molecule has 30 heavy (non-hydrogen) atoms. The summed E-state index contributed by atoms with van der Waals surface area (Å²) in [4.78, 5) is 26.3. The van der Waals surface area contributed by atoms with Crippen LogP contribution in [0.1, 0.15) is 66.2 Å². The molecule has 1 aromatic heterocycles. The first-order valence-electron chi connectivity index (χ1n) is 10.4. The second-order valence-electron chi connectivity index (χ2n) is 7.33. The Balaban J connectivity index is 1.58. The molecule has 0 bridgehead atoms. The molecule has 0 radical (unpaired) electrons. The number of thiophene rings is 1. The highest BCUT2D eigenvalue weighted by Crippen LogP contribution is 2.43. The zero-order chi connectivity index (χ0) is 21.5. The van der Waals surface area contributed by atoms with Crippen LogP contribution >= 0.6 is 11.3 Å². The van der Waals surface area contributed by atoms with Crippen LogP contribution in [0.15, 0.2) is 24.3 Å². The monoisotopic (exact) mass is 431 g/mol. The van der Waals surface area contributed by atoms with Gasteiger partial charge < -0.3 is 19.5 Å². The molecule has 1 aromatic carbocycles. The third kappa shape index (κ3) is 5.33. The van der Waals surface area contributed by atoms with E-state index in [4.69, 9.17) is 14.2 Å². The molecule has 1 amide bonds. The molecular formula is C23H29NO5S. The number of ether oxygens (including phenoxy) is 3. The second kappa shape index (κ2) is 10.5. The minimum Gasteiger partial charge on any atom is -0.497 e. The first-order valence-corrected chi connectivity index (χ1v) is 11.2. The third-order valence-electron chi connectivity index (χ3n) is 5.16. The van der Waals surface area contributed by atoms with Crippen molar-refractivity contribution >= 4 is 28.2 Å². The molecule has 0 saturated heterocycles. The number of fused-ring (bicyclic) bond motifs is 1. The third-order valence-corrected chi connectivity index (χ3v) is 6.35. The number of carbonyl (C=O) groups excluding carboxylic acids is 2. The number of aryl methyl sites for hydroxylation is 1. The molecule has 0 saturated carbocycles. The first-order chi connectivity index (χ1) is 14.5. The predicted octanol–water partition coefficient (Wildman–Crippen LogP) is 5.17. The lowest BCUT2D eigenvalue weighted by Gasteiger charge is -2.19. The van der Waals surface area contributed by atoms with Gasteiger partial charge in [-0.3, -0.25) is 4.79 Å². The maximum atomic E-state index is 12.6. The summed E-state index contributed by atoms with van der Waals surface area (Å²) in [5, 5.41) is 3.57. The molecular weight excluding hydrogens is 402 g/mol. The largest absolute Gasteiger partial charge is 0.497 e. The van der Waals surface area contributed by atoms with E-state index in [9.17, 15) is 9.59 Å². The van der Waals surface area contributed by atoms with Crippen molar-refractivity contribution in [3.05, 3.63) is 40.3 Å². The lowest BCUT2D eigenvalue weighted by Crippen LogP contribution is -2.17. The molecule has 1 aliphatic rings. The number of esters is 1. The van der Waals surface area contributed by atoms with Crippen molar-refractivity contribution in [2.24, 2.45) is 0 Å². The Kier molecular flexibility index (Phi) is 7.74. The van der Waals surface area contributed by atoms with Gasteiger partial charge in [0, 0.05) is 11.3 Å². The van der Waals surface area contributed by atoms with Gasteiger partial charge in [-0.25, -0.2) is 4.79 Å². The van der Waals surface area contributed by atoms with E-state index in [1.807, 2.05) is 24.3 Å². The summed E-state index contributed by atoms with van der Waals surface area (Å²) in [5.74, 6) is 1.34. The molecule has 0 spiro atoms. The molecule has 2 aromatic rings. The standard InChI is InChI=1S/C23H29NO5S/c1-4-28-23(26)21-20-15(2)7-5-8-18(20)30-22(21)24-19(25)9-6-14-29-17-12-10-16(27-3)11-13-17/h10-13,15H,4-9,14H2,1-3H3,(H,24,25). The van der Waals surface area contributed by atoms with Crippen LogP contribution in [0.3, 0.4) is 0 Å². The van der Waals surface area contributed by atoms with E-state index in [1.54, 1.807) is 14.0 Å². The molecule has 1 atom stereocenters. The van der Waals surface area contributed by atoms with Crippen LogP contribution in [0, 0.1) is 0 Å². The fourth-order valence-corrected chi connectivity index (χ4v) is 5.05. The number of methoxy groups -OCH3 is 1. The zero-order valence-corrected chi connectivity index (χ0v) is 18.6. The Labute approximate surface area is 181 Å². The lowest BCUT2D eigenvalue weighted by molar-refractivity contribution is -0.116. The maximum Gasteiger partial charge on any atom is 0.341 e. The van der Waals surface area contributed by atoms with Crippen molar-refractivity contribution in [3.8, 4) is 11.5 Å². The number of hydrogen-bond acceptors (Lipinski definition) is 6. The molecule has 1 unspecified atom stereocenters. The van der Waals surface area contributed by atoms with Gasteiger partial charge in [-0.2, -0.15) is 0 Å². The number of amides is 1. The highest BCUT2D eigenvalue weighted by atomic mass is 32.1. The Morgan fingerprint density at radius 1 is 1.20 bits per heavy atom. The normalized spacial score (nSPS) is 15.2. The zero-order valence-electron chi connectivity index (χ0n) is 17.8. The summed E-state index contributed by atoms with van der Waals surface area (Å²) in [6.07, 6.45) is 3.99. The minimum absolute atomic E-state index is 0.120. The SMILES string of the molecule is CCOC(=O)c1c(NC(=O)CCCOc2ccc(OC)cc2)sc2c1C(C)CCC2. The Hall–Kier alpha value is -2.54. The maximum absolute atomic E-state index is 12.6. The fourth-order valence-electron chi connectivity index (χ4n) is 3.69. The van der Waals surface area contributed by atoms with E-state index in [-0.39, 0.29) is 11.9 Å². The van der Waals surface area contributed by atoms with E-state index in [0.29, 0.717) is 42.5 Å². The number of benzene rings is 1. The molecule has 162 valence electrons. The van der Waals surface area contributed by atoms with Crippen molar-refractivity contribution in [1.29, 1.82) is 0 Å². The van der Waals surface area contributed by atoms with Crippen LogP contribution in [0.2, 0.25) is 0 Å².